The maximum atomic E-state index is 5.78. The van der Waals surface area contributed by atoms with E-state index in [1.165, 1.54) is 6.26 Å². The largest absolute Gasteiger partial charge is 0.443 e. The Morgan fingerprint density at radius 1 is 1.58 bits per heavy atom. The van der Waals surface area contributed by atoms with Crippen molar-refractivity contribution in [1.82, 2.24) is 14.8 Å². The lowest BCUT2D eigenvalue weighted by Gasteiger charge is -1.86. The lowest BCUT2D eigenvalue weighted by atomic mass is 10.4. The smallest absolute Gasteiger partial charge is 0.246 e. The molecule has 4 nitrogen and oxygen atoms in total. The van der Waals surface area contributed by atoms with E-state index in [0.29, 0.717) is 16.7 Å². The van der Waals surface area contributed by atoms with E-state index in [9.17, 15) is 0 Å². The second kappa shape index (κ2) is 2.64. The van der Waals surface area contributed by atoms with Crippen molar-refractivity contribution in [2.45, 2.75) is 0 Å². The van der Waals surface area contributed by atoms with Crippen molar-refractivity contribution in [2.24, 2.45) is 7.05 Å². The van der Waals surface area contributed by atoms with Gasteiger partial charge in [0, 0.05) is 13.1 Å². The third-order valence-electron chi connectivity index (χ3n) is 1.47. The van der Waals surface area contributed by atoms with Gasteiger partial charge in [0.2, 0.25) is 5.89 Å². The predicted octanol–water partition coefficient (Wildman–Crippen LogP) is 1.73. The number of oxazole rings is 1. The van der Waals surface area contributed by atoms with Crippen molar-refractivity contribution in [1.29, 1.82) is 0 Å². The molecule has 0 fully saturated rings. The van der Waals surface area contributed by atoms with Gasteiger partial charge >= 0.3 is 0 Å². The highest BCUT2D eigenvalue weighted by atomic mass is 35.5. The molecule has 0 N–H and O–H groups in total. The van der Waals surface area contributed by atoms with E-state index in [2.05, 4.69) is 10.1 Å². The van der Waals surface area contributed by atoms with Gasteiger partial charge in [0.15, 0.2) is 0 Å². The molecule has 0 aliphatic rings. The fourth-order valence-electron chi connectivity index (χ4n) is 0.899. The average molecular weight is 184 g/mol. The number of hydrogen-bond donors (Lipinski definition) is 0. The zero-order chi connectivity index (χ0) is 8.55. The molecule has 2 rings (SSSR count). The van der Waals surface area contributed by atoms with Crippen LogP contribution in [-0.4, -0.2) is 14.8 Å². The minimum atomic E-state index is 0.484. The highest BCUT2D eigenvalue weighted by molar-refractivity contribution is 6.29. The number of aryl methyl sites for hydroxylation is 1. The molecule has 0 aliphatic carbocycles. The van der Waals surface area contributed by atoms with Crippen LogP contribution in [0.15, 0.2) is 22.9 Å². The number of halogens is 1. The van der Waals surface area contributed by atoms with E-state index in [1.54, 1.807) is 24.0 Å². The van der Waals surface area contributed by atoms with Crippen molar-refractivity contribution in [3.63, 3.8) is 0 Å². The quantitative estimate of drug-likeness (QED) is 0.676. The summed E-state index contributed by atoms with van der Waals surface area (Å²) in [5.74, 6) is 0.484. The molecule has 62 valence electrons. The standard InChI is InChI=1S/C7H6ClN3O/c1-11-6(8)4-5(10-11)7-9-2-3-12-7/h2-4H,1H3. The summed E-state index contributed by atoms with van der Waals surface area (Å²) in [6.45, 7) is 0. The first-order chi connectivity index (χ1) is 5.77. The lowest BCUT2D eigenvalue weighted by molar-refractivity contribution is 0.570. The van der Waals surface area contributed by atoms with Crippen molar-refractivity contribution in [3.8, 4) is 11.6 Å². The maximum Gasteiger partial charge on any atom is 0.246 e. The molecule has 5 heteroatoms. The summed E-state index contributed by atoms with van der Waals surface area (Å²) in [7, 11) is 1.76. The summed E-state index contributed by atoms with van der Waals surface area (Å²) in [6, 6.07) is 1.70. The Morgan fingerprint density at radius 2 is 2.42 bits per heavy atom. The molecule has 2 heterocycles. The van der Waals surface area contributed by atoms with Crippen LogP contribution in [0.4, 0.5) is 0 Å². The second-order valence-corrected chi connectivity index (χ2v) is 2.70. The van der Waals surface area contributed by atoms with Crippen LogP contribution in [0, 0.1) is 0 Å². The van der Waals surface area contributed by atoms with Crippen molar-refractivity contribution in [3.05, 3.63) is 23.7 Å². The summed E-state index contributed by atoms with van der Waals surface area (Å²) in [6.07, 6.45) is 3.07. The van der Waals surface area contributed by atoms with Gasteiger partial charge in [-0.3, -0.25) is 4.68 Å². The molecule has 0 unspecified atom stereocenters. The van der Waals surface area contributed by atoms with Gasteiger partial charge in [-0.2, -0.15) is 5.10 Å². The Morgan fingerprint density at radius 3 is 2.92 bits per heavy atom. The summed E-state index contributed by atoms with van der Waals surface area (Å²) in [5.41, 5.74) is 0.646. The molecule has 0 bridgehead atoms. The first-order valence-electron chi connectivity index (χ1n) is 3.37. The van der Waals surface area contributed by atoms with E-state index in [-0.39, 0.29) is 0 Å². The van der Waals surface area contributed by atoms with Gasteiger partial charge in [0.05, 0.1) is 6.20 Å². The van der Waals surface area contributed by atoms with Gasteiger partial charge < -0.3 is 4.42 Å². The first-order valence-corrected chi connectivity index (χ1v) is 3.74. The Balaban J connectivity index is 2.48. The lowest BCUT2D eigenvalue weighted by Crippen LogP contribution is -1.89. The second-order valence-electron chi connectivity index (χ2n) is 2.31. The van der Waals surface area contributed by atoms with Crippen LogP contribution in [0.2, 0.25) is 5.15 Å². The van der Waals surface area contributed by atoms with Gasteiger partial charge in [-0.15, -0.1) is 0 Å². The van der Waals surface area contributed by atoms with Gasteiger partial charge in [-0.05, 0) is 0 Å². The molecule has 2 aromatic rings. The maximum absolute atomic E-state index is 5.78. The molecule has 12 heavy (non-hydrogen) atoms. The first kappa shape index (κ1) is 7.36. The molecule has 0 spiro atoms. The molecule has 2 aromatic heterocycles. The molecule has 0 aromatic carbocycles. The fourth-order valence-corrected chi connectivity index (χ4v) is 1.04. The summed E-state index contributed by atoms with van der Waals surface area (Å²) < 4.78 is 6.60. The highest BCUT2D eigenvalue weighted by Crippen LogP contribution is 2.18. The Labute approximate surface area is 73.8 Å². The molecular weight excluding hydrogens is 178 g/mol. The highest BCUT2D eigenvalue weighted by Gasteiger charge is 2.08. The van der Waals surface area contributed by atoms with Gasteiger partial charge in [0.25, 0.3) is 0 Å². The van der Waals surface area contributed by atoms with Gasteiger partial charge in [0.1, 0.15) is 17.1 Å². The van der Waals surface area contributed by atoms with Crippen molar-refractivity contribution < 1.29 is 4.42 Å². The third-order valence-corrected chi connectivity index (χ3v) is 1.83. The summed E-state index contributed by atoms with van der Waals surface area (Å²) in [5, 5.41) is 4.64. The van der Waals surface area contributed by atoms with Gasteiger partial charge in [-0.25, -0.2) is 4.98 Å². The molecule has 0 amide bonds. The molecule has 0 aliphatic heterocycles. The number of nitrogens with zero attached hydrogens (tertiary/aromatic N) is 3. The number of hydrogen-bond acceptors (Lipinski definition) is 3. The number of rotatable bonds is 1. The minimum Gasteiger partial charge on any atom is -0.443 e. The summed E-state index contributed by atoms with van der Waals surface area (Å²) in [4.78, 5) is 3.94. The Kier molecular flexibility index (Phi) is 1.62. The van der Waals surface area contributed by atoms with Crippen LogP contribution in [0.1, 0.15) is 0 Å². The van der Waals surface area contributed by atoms with Crippen LogP contribution in [0.3, 0.4) is 0 Å². The van der Waals surface area contributed by atoms with Crippen molar-refractivity contribution in [2.75, 3.05) is 0 Å². The van der Waals surface area contributed by atoms with E-state index in [4.69, 9.17) is 16.0 Å². The zero-order valence-corrected chi connectivity index (χ0v) is 7.12. The van der Waals surface area contributed by atoms with Crippen LogP contribution < -0.4 is 0 Å². The SMILES string of the molecule is Cn1nc(-c2ncco2)cc1Cl. The minimum absolute atomic E-state index is 0.484. The normalized spacial score (nSPS) is 10.5. The molecule has 0 atom stereocenters. The monoisotopic (exact) mass is 183 g/mol. The topological polar surface area (TPSA) is 43.9 Å². The van der Waals surface area contributed by atoms with Crippen molar-refractivity contribution >= 4 is 11.6 Å². The fraction of sp³-hybridized carbons (Fsp3) is 0.143. The van der Waals surface area contributed by atoms with Gasteiger partial charge in [-0.1, -0.05) is 11.6 Å². The van der Waals surface area contributed by atoms with E-state index in [0.717, 1.165) is 0 Å². The number of aromatic nitrogens is 3. The van der Waals surface area contributed by atoms with Crippen LogP contribution in [-0.2, 0) is 7.05 Å². The predicted molar refractivity (Wildman–Crippen MR) is 43.7 cm³/mol. The third kappa shape index (κ3) is 1.10. The Bertz CT molecular complexity index is 360. The molecule has 0 saturated heterocycles. The van der Waals surface area contributed by atoms with E-state index < -0.39 is 0 Å². The average Bonchev–Trinajstić information content (AvgIpc) is 2.61. The molecule has 0 saturated carbocycles. The van der Waals surface area contributed by atoms with E-state index in [1.807, 2.05) is 0 Å². The van der Waals surface area contributed by atoms with Crippen LogP contribution >= 0.6 is 11.6 Å². The molecular formula is C7H6ClN3O. The van der Waals surface area contributed by atoms with Crippen LogP contribution in [0.25, 0.3) is 11.6 Å². The molecule has 0 radical (unpaired) electrons. The zero-order valence-electron chi connectivity index (χ0n) is 6.36. The van der Waals surface area contributed by atoms with Crippen LogP contribution in [0.5, 0.6) is 0 Å². The van der Waals surface area contributed by atoms with E-state index >= 15 is 0 Å². The Hall–Kier alpha value is -1.29. The summed E-state index contributed by atoms with van der Waals surface area (Å²) >= 11 is 5.78.